The molecule has 0 aliphatic rings. The number of hydrogen-bond acceptors (Lipinski definition) is 4. The maximum atomic E-state index is 12.0. The molecule has 2 N–H and O–H groups in total. The van der Waals surface area contributed by atoms with Gasteiger partial charge in [0.25, 0.3) is 5.91 Å². The second-order valence-corrected chi connectivity index (χ2v) is 3.77. The highest BCUT2D eigenvalue weighted by molar-refractivity contribution is 5.94. The lowest BCUT2D eigenvalue weighted by Gasteiger charge is -2.21. The fourth-order valence-corrected chi connectivity index (χ4v) is 1.54. The van der Waals surface area contributed by atoms with Crippen LogP contribution in [-0.4, -0.2) is 39.4 Å². The van der Waals surface area contributed by atoms with Crippen LogP contribution < -0.4 is 10.6 Å². The van der Waals surface area contributed by atoms with Gasteiger partial charge in [-0.05, 0) is 31.2 Å². The number of nitrogen functional groups attached to an aromatic ring is 1. The van der Waals surface area contributed by atoms with Crippen LogP contribution in [0, 0.1) is 0 Å². The number of carbonyl (C=O) groups is 1. The van der Waals surface area contributed by atoms with E-state index in [1.807, 2.05) is 19.1 Å². The summed E-state index contributed by atoms with van der Waals surface area (Å²) in [4.78, 5) is 13.6. The number of carbonyl (C=O) groups excluding carboxylic acids is 1. The first-order chi connectivity index (χ1) is 8.69. The van der Waals surface area contributed by atoms with E-state index < -0.39 is 0 Å². The van der Waals surface area contributed by atoms with Gasteiger partial charge in [-0.1, -0.05) is 0 Å². The summed E-state index contributed by atoms with van der Waals surface area (Å²) in [7, 11) is 1.60. The fourth-order valence-electron chi connectivity index (χ4n) is 1.54. The normalized spacial score (nSPS) is 10.3. The first-order valence-corrected chi connectivity index (χ1v) is 5.91. The van der Waals surface area contributed by atoms with Crippen molar-refractivity contribution in [3.63, 3.8) is 0 Å². The lowest BCUT2D eigenvalue weighted by molar-refractivity contribution is -0.123. The van der Waals surface area contributed by atoms with Gasteiger partial charge in [-0.15, -0.1) is 0 Å². The number of hydrogen-bond donors (Lipinski definition) is 1. The molecule has 0 aliphatic carbocycles. The topological polar surface area (TPSA) is 64.8 Å². The number of anilines is 2. The molecule has 0 aromatic heterocycles. The quantitative estimate of drug-likeness (QED) is 0.586. The lowest BCUT2D eigenvalue weighted by Crippen LogP contribution is -2.34. The second kappa shape index (κ2) is 7.68. The van der Waals surface area contributed by atoms with E-state index >= 15 is 0 Å². The molecule has 0 fully saturated rings. The van der Waals surface area contributed by atoms with Crippen LogP contribution in [0.5, 0.6) is 0 Å². The van der Waals surface area contributed by atoms with Crippen LogP contribution in [0.1, 0.15) is 6.92 Å². The van der Waals surface area contributed by atoms with Crippen molar-refractivity contribution in [3.05, 3.63) is 24.3 Å². The van der Waals surface area contributed by atoms with Crippen LogP contribution in [0.4, 0.5) is 11.4 Å². The fraction of sp³-hybridized carbons (Fsp3) is 0.462. The van der Waals surface area contributed by atoms with E-state index in [-0.39, 0.29) is 12.5 Å². The first kappa shape index (κ1) is 14.5. The van der Waals surface area contributed by atoms with Gasteiger partial charge in [0, 0.05) is 25.0 Å². The highest BCUT2D eigenvalue weighted by atomic mass is 16.5. The zero-order valence-electron chi connectivity index (χ0n) is 10.9. The van der Waals surface area contributed by atoms with Gasteiger partial charge in [0.05, 0.1) is 13.2 Å². The Kier molecular flexibility index (Phi) is 6.18. The molecule has 0 saturated heterocycles. The summed E-state index contributed by atoms with van der Waals surface area (Å²) in [5.74, 6) is -0.0709. The van der Waals surface area contributed by atoms with E-state index in [4.69, 9.17) is 15.2 Å². The number of benzene rings is 1. The Bertz CT molecular complexity index is 365. The Balaban J connectivity index is 2.54. The molecule has 18 heavy (non-hydrogen) atoms. The molecule has 0 spiro atoms. The highest BCUT2D eigenvalue weighted by Gasteiger charge is 2.13. The van der Waals surface area contributed by atoms with Crippen molar-refractivity contribution in [1.29, 1.82) is 0 Å². The average molecular weight is 252 g/mol. The third-order valence-corrected chi connectivity index (χ3v) is 2.48. The van der Waals surface area contributed by atoms with Gasteiger partial charge in [0.1, 0.15) is 6.61 Å². The molecule has 0 atom stereocenters. The lowest BCUT2D eigenvalue weighted by atomic mass is 10.2. The number of likely N-dealkylation sites (N-methyl/N-ethyl adjacent to an activating group) is 1. The van der Waals surface area contributed by atoms with Crippen molar-refractivity contribution in [3.8, 4) is 0 Å². The van der Waals surface area contributed by atoms with Gasteiger partial charge >= 0.3 is 0 Å². The van der Waals surface area contributed by atoms with Crippen LogP contribution in [-0.2, 0) is 14.3 Å². The zero-order chi connectivity index (χ0) is 13.4. The van der Waals surface area contributed by atoms with Gasteiger partial charge in [0.2, 0.25) is 0 Å². The highest BCUT2D eigenvalue weighted by Crippen LogP contribution is 2.16. The molecule has 5 nitrogen and oxygen atoms in total. The van der Waals surface area contributed by atoms with E-state index in [9.17, 15) is 4.79 Å². The summed E-state index contributed by atoms with van der Waals surface area (Å²) in [6.07, 6.45) is 0. The minimum absolute atomic E-state index is 0.0571. The third-order valence-electron chi connectivity index (χ3n) is 2.48. The molecule has 1 aromatic carbocycles. The molecule has 0 saturated carbocycles. The molecule has 100 valence electrons. The smallest absolute Gasteiger partial charge is 0.252 e. The van der Waals surface area contributed by atoms with Crippen molar-refractivity contribution in [2.24, 2.45) is 0 Å². The van der Waals surface area contributed by atoms with E-state index in [1.54, 1.807) is 24.1 Å². The summed E-state index contributed by atoms with van der Waals surface area (Å²) >= 11 is 0. The predicted molar refractivity (Wildman–Crippen MR) is 71.6 cm³/mol. The molecule has 0 unspecified atom stereocenters. The third kappa shape index (κ3) is 4.35. The average Bonchev–Trinajstić information content (AvgIpc) is 2.38. The molecule has 1 rings (SSSR count). The zero-order valence-corrected chi connectivity index (χ0v) is 10.9. The Hall–Kier alpha value is -1.59. The number of nitrogens with zero attached hydrogens (tertiary/aromatic N) is 1. The molecule has 0 bridgehead atoms. The first-order valence-electron chi connectivity index (χ1n) is 5.91. The number of methoxy groups -OCH3 is 1. The van der Waals surface area contributed by atoms with Crippen LogP contribution in [0.15, 0.2) is 24.3 Å². The van der Waals surface area contributed by atoms with Crippen LogP contribution >= 0.6 is 0 Å². The Morgan fingerprint density at radius 2 is 1.94 bits per heavy atom. The standard InChI is InChI=1S/C13H20N2O3/c1-3-15(12-6-4-11(14)5-7-12)13(16)10-18-9-8-17-2/h4-7H,3,8-10,14H2,1-2H3. The number of rotatable bonds is 7. The van der Waals surface area contributed by atoms with Crippen molar-refractivity contribution >= 4 is 17.3 Å². The molecule has 1 aromatic rings. The largest absolute Gasteiger partial charge is 0.399 e. The molecule has 0 heterocycles. The van der Waals surface area contributed by atoms with Gasteiger partial charge in [-0.2, -0.15) is 0 Å². The summed E-state index contributed by atoms with van der Waals surface area (Å²) < 4.78 is 10.1. The van der Waals surface area contributed by atoms with Gasteiger partial charge in [0.15, 0.2) is 0 Å². The summed E-state index contributed by atoms with van der Waals surface area (Å²) in [6, 6.07) is 7.20. The Morgan fingerprint density at radius 1 is 1.28 bits per heavy atom. The maximum Gasteiger partial charge on any atom is 0.252 e. The van der Waals surface area contributed by atoms with Crippen LogP contribution in [0.25, 0.3) is 0 Å². The Morgan fingerprint density at radius 3 is 2.50 bits per heavy atom. The minimum Gasteiger partial charge on any atom is -0.399 e. The number of ether oxygens (including phenoxy) is 2. The van der Waals surface area contributed by atoms with Gasteiger partial charge in [-0.25, -0.2) is 0 Å². The minimum atomic E-state index is -0.0709. The van der Waals surface area contributed by atoms with E-state index in [0.717, 1.165) is 5.69 Å². The monoisotopic (exact) mass is 252 g/mol. The van der Waals surface area contributed by atoms with Crippen molar-refractivity contribution < 1.29 is 14.3 Å². The SMILES string of the molecule is CCN(C(=O)COCCOC)c1ccc(N)cc1. The van der Waals surface area contributed by atoms with Gasteiger partial charge in [-0.3, -0.25) is 4.79 Å². The summed E-state index contributed by atoms with van der Waals surface area (Å²) in [6.45, 7) is 3.48. The molecule has 0 aliphatic heterocycles. The van der Waals surface area contributed by atoms with Crippen molar-refractivity contribution in [1.82, 2.24) is 0 Å². The maximum absolute atomic E-state index is 12.0. The van der Waals surface area contributed by atoms with Gasteiger partial charge < -0.3 is 20.1 Å². The van der Waals surface area contributed by atoms with Crippen LogP contribution in [0.2, 0.25) is 0 Å². The van der Waals surface area contributed by atoms with E-state index in [0.29, 0.717) is 25.4 Å². The molecular formula is C13H20N2O3. The number of amides is 1. The van der Waals surface area contributed by atoms with E-state index in [2.05, 4.69) is 0 Å². The molecule has 1 amide bonds. The second-order valence-electron chi connectivity index (χ2n) is 3.77. The van der Waals surface area contributed by atoms with E-state index in [1.165, 1.54) is 0 Å². The summed E-state index contributed by atoms with van der Waals surface area (Å²) in [5, 5.41) is 0. The van der Waals surface area contributed by atoms with Crippen molar-refractivity contribution in [2.45, 2.75) is 6.92 Å². The molecule has 5 heteroatoms. The predicted octanol–water partition coefficient (Wildman–Crippen LogP) is 1.28. The Labute approximate surface area is 107 Å². The summed E-state index contributed by atoms with van der Waals surface area (Å²) in [5.41, 5.74) is 7.12. The van der Waals surface area contributed by atoms with Crippen LogP contribution in [0.3, 0.4) is 0 Å². The molecule has 0 radical (unpaired) electrons. The molecular weight excluding hydrogens is 232 g/mol. The van der Waals surface area contributed by atoms with Crippen molar-refractivity contribution in [2.75, 3.05) is 44.1 Å². The number of nitrogens with two attached hydrogens (primary N) is 1.